The average molecular weight is 1020 g/mol. The first-order valence-corrected chi connectivity index (χ1v) is 32.4. The lowest BCUT2D eigenvalue weighted by Gasteiger charge is -2.22. The summed E-state index contributed by atoms with van der Waals surface area (Å²) >= 11 is 0. The number of ether oxygens (including phenoxy) is 1. The van der Waals surface area contributed by atoms with Crippen LogP contribution in [-0.4, -0.2) is 47.4 Å². The second-order valence-corrected chi connectivity index (χ2v) is 22.1. The molecule has 0 aliphatic rings. The molecule has 0 aromatic heterocycles. The highest BCUT2D eigenvalue weighted by Crippen LogP contribution is 2.18. The van der Waals surface area contributed by atoms with E-state index < -0.39 is 12.1 Å². The van der Waals surface area contributed by atoms with Gasteiger partial charge in [-0.25, -0.2) is 0 Å². The van der Waals surface area contributed by atoms with Gasteiger partial charge in [0.15, 0.2) is 0 Å². The minimum Gasteiger partial charge on any atom is -0.465 e. The number of hydrogen-bond donors (Lipinski definition) is 3. The molecule has 2 unspecified atom stereocenters. The fraction of sp³-hybridized carbons (Fsp3) is 0.851. The summed E-state index contributed by atoms with van der Waals surface area (Å²) < 4.78 is 5.41. The van der Waals surface area contributed by atoms with Crippen molar-refractivity contribution in [2.45, 2.75) is 353 Å². The average Bonchev–Trinajstić information content (AvgIpc) is 3.39. The lowest BCUT2D eigenvalue weighted by Crippen LogP contribution is -2.45. The standard InChI is InChI=1S/C67H125NO5/c1-3-5-7-9-11-13-15-17-19-20-21-25-28-32-35-39-43-47-51-55-59-65(70)64(63-69)68-66(71)60-56-52-48-44-40-36-33-29-26-23-22-24-27-30-34-38-42-46-50-54-58-62-73-67(72)61-57-53-49-45-41-37-31-18-16-14-12-10-8-6-4-2/h12,14,18,31,38,42,50,54,64-65,69-70H,3-11,13,15-17,19-30,32-37,39-41,43-49,51-53,55-63H2,1-2H3,(H,68,71)/b14-12-,31-18-,42-38-,54-50-. The first-order chi connectivity index (χ1) is 36.0. The third kappa shape index (κ3) is 58.9. The van der Waals surface area contributed by atoms with Gasteiger partial charge in [-0.15, -0.1) is 0 Å². The van der Waals surface area contributed by atoms with E-state index in [9.17, 15) is 19.8 Å². The van der Waals surface area contributed by atoms with Gasteiger partial charge in [-0.3, -0.25) is 9.59 Å². The van der Waals surface area contributed by atoms with Crippen LogP contribution in [0, 0.1) is 0 Å². The molecule has 6 heteroatoms. The third-order valence-electron chi connectivity index (χ3n) is 14.9. The van der Waals surface area contributed by atoms with Gasteiger partial charge in [0.25, 0.3) is 0 Å². The minimum absolute atomic E-state index is 0.0375. The quantitative estimate of drug-likeness (QED) is 0.0320. The van der Waals surface area contributed by atoms with Gasteiger partial charge >= 0.3 is 5.97 Å². The number of hydrogen-bond acceptors (Lipinski definition) is 5. The number of aliphatic hydroxyl groups excluding tert-OH is 2. The Morgan fingerprint density at radius 2 is 0.685 bits per heavy atom. The highest BCUT2D eigenvalue weighted by atomic mass is 16.5. The molecule has 0 bridgehead atoms. The zero-order valence-corrected chi connectivity index (χ0v) is 48.9. The van der Waals surface area contributed by atoms with Crippen LogP contribution in [0.2, 0.25) is 0 Å². The monoisotopic (exact) mass is 1020 g/mol. The molecular formula is C67H125NO5. The number of nitrogens with one attached hydrogen (secondary N) is 1. The molecule has 0 radical (unpaired) electrons. The Kier molecular flexibility index (Phi) is 60.5. The van der Waals surface area contributed by atoms with Crippen molar-refractivity contribution in [3.8, 4) is 0 Å². The largest absolute Gasteiger partial charge is 0.465 e. The summed E-state index contributed by atoms with van der Waals surface area (Å²) in [6, 6.07) is -0.547. The van der Waals surface area contributed by atoms with Gasteiger partial charge in [0, 0.05) is 12.8 Å². The Morgan fingerprint density at radius 3 is 1.07 bits per heavy atom. The molecular weight excluding hydrogens is 899 g/mol. The molecule has 6 nitrogen and oxygen atoms in total. The Hall–Kier alpha value is -2.18. The number of unbranched alkanes of at least 4 members (excludes halogenated alkanes) is 41. The van der Waals surface area contributed by atoms with Crippen LogP contribution < -0.4 is 5.32 Å². The molecule has 0 spiro atoms. The Bertz CT molecular complexity index is 1230. The van der Waals surface area contributed by atoms with Crippen molar-refractivity contribution >= 4 is 11.9 Å². The SMILES string of the molecule is CCCCC/C=C\C/C=C\CCCCCCCC(=O)OCC/C=C\C/C=C\CCCCCCCCCCCCCCCCC(=O)NC(CO)C(O)CCCCCCCCCCCCCCCCCCCCCC. The first-order valence-electron chi connectivity index (χ1n) is 32.4. The molecule has 0 rings (SSSR count). The molecule has 0 fully saturated rings. The van der Waals surface area contributed by atoms with Crippen molar-refractivity contribution < 1.29 is 24.5 Å². The van der Waals surface area contributed by atoms with Crippen molar-refractivity contribution in [2.75, 3.05) is 13.2 Å². The van der Waals surface area contributed by atoms with Crippen LogP contribution in [0.3, 0.4) is 0 Å². The molecule has 0 saturated carbocycles. The molecule has 0 saturated heterocycles. The second-order valence-electron chi connectivity index (χ2n) is 22.1. The molecule has 0 aromatic carbocycles. The summed E-state index contributed by atoms with van der Waals surface area (Å²) in [7, 11) is 0. The fourth-order valence-electron chi connectivity index (χ4n) is 9.92. The van der Waals surface area contributed by atoms with Crippen molar-refractivity contribution in [2.24, 2.45) is 0 Å². The van der Waals surface area contributed by atoms with Gasteiger partial charge in [-0.2, -0.15) is 0 Å². The maximum atomic E-state index is 12.5. The van der Waals surface area contributed by atoms with Gasteiger partial charge in [-0.05, 0) is 77.0 Å². The van der Waals surface area contributed by atoms with Crippen molar-refractivity contribution in [3.05, 3.63) is 48.6 Å². The molecule has 1 amide bonds. The first kappa shape index (κ1) is 70.8. The summed E-state index contributed by atoms with van der Waals surface area (Å²) in [5.41, 5.74) is 0. The number of esters is 1. The lowest BCUT2D eigenvalue weighted by molar-refractivity contribution is -0.143. The van der Waals surface area contributed by atoms with Crippen LogP contribution in [-0.2, 0) is 14.3 Å². The smallest absolute Gasteiger partial charge is 0.305 e. The number of amides is 1. The molecule has 0 aliphatic carbocycles. The Balaban J connectivity index is 3.46. The van der Waals surface area contributed by atoms with Crippen LogP contribution in [0.1, 0.15) is 341 Å². The zero-order chi connectivity index (χ0) is 52.9. The molecule has 3 N–H and O–H groups in total. The predicted octanol–water partition coefficient (Wildman–Crippen LogP) is 20.5. The maximum absolute atomic E-state index is 12.5. The van der Waals surface area contributed by atoms with E-state index in [-0.39, 0.29) is 18.5 Å². The van der Waals surface area contributed by atoms with Gasteiger partial charge in [0.05, 0.1) is 25.4 Å². The second kappa shape index (κ2) is 62.4. The van der Waals surface area contributed by atoms with Crippen LogP contribution in [0.4, 0.5) is 0 Å². The Labute approximate surface area is 455 Å². The topological polar surface area (TPSA) is 95.9 Å². The Morgan fingerprint density at radius 1 is 0.384 bits per heavy atom. The summed E-state index contributed by atoms with van der Waals surface area (Å²) in [4.78, 5) is 24.5. The van der Waals surface area contributed by atoms with Gasteiger partial charge < -0.3 is 20.3 Å². The molecule has 0 aliphatic heterocycles. The number of carbonyl (C=O) groups excluding carboxylic acids is 2. The molecule has 0 heterocycles. The third-order valence-corrected chi connectivity index (χ3v) is 14.9. The van der Waals surface area contributed by atoms with Gasteiger partial charge in [0.2, 0.25) is 5.91 Å². The van der Waals surface area contributed by atoms with Crippen molar-refractivity contribution in [1.82, 2.24) is 5.32 Å². The van der Waals surface area contributed by atoms with E-state index in [0.29, 0.717) is 25.9 Å². The number of carbonyl (C=O) groups is 2. The van der Waals surface area contributed by atoms with Crippen LogP contribution in [0.5, 0.6) is 0 Å². The molecule has 428 valence electrons. The van der Waals surface area contributed by atoms with Gasteiger partial charge in [-0.1, -0.05) is 300 Å². The van der Waals surface area contributed by atoms with E-state index in [4.69, 9.17) is 4.74 Å². The zero-order valence-electron chi connectivity index (χ0n) is 48.9. The normalized spacial score (nSPS) is 12.9. The van der Waals surface area contributed by atoms with E-state index in [1.807, 2.05) is 0 Å². The summed E-state index contributed by atoms with van der Waals surface area (Å²) in [5, 5.41) is 23.4. The molecule has 0 aromatic rings. The van der Waals surface area contributed by atoms with Crippen molar-refractivity contribution in [3.63, 3.8) is 0 Å². The van der Waals surface area contributed by atoms with Crippen LogP contribution >= 0.6 is 0 Å². The molecule has 2 atom stereocenters. The lowest BCUT2D eigenvalue weighted by atomic mass is 10.0. The number of rotatable bonds is 60. The van der Waals surface area contributed by atoms with E-state index in [0.717, 1.165) is 64.2 Å². The summed E-state index contributed by atoms with van der Waals surface area (Å²) in [6.07, 6.45) is 80.0. The highest BCUT2D eigenvalue weighted by Gasteiger charge is 2.20. The molecule has 73 heavy (non-hydrogen) atoms. The van der Waals surface area contributed by atoms with Gasteiger partial charge in [0.1, 0.15) is 0 Å². The minimum atomic E-state index is -0.670. The predicted molar refractivity (Wildman–Crippen MR) is 319 cm³/mol. The fourth-order valence-corrected chi connectivity index (χ4v) is 9.92. The van der Waals surface area contributed by atoms with E-state index in [2.05, 4.69) is 67.8 Å². The number of aliphatic hydroxyl groups is 2. The van der Waals surface area contributed by atoms with E-state index in [1.54, 1.807) is 0 Å². The van der Waals surface area contributed by atoms with Crippen molar-refractivity contribution in [1.29, 1.82) is 0 Å². The van der Waals surface area contributed by atoms with Crippen LogP contribution in [0.25, 0.3) is 0 Å². The summed E-state index contributed by atoms with van der Waals surface area (Å²) in [6.45, 7) is 4.83. The van der Waals surface area contributed by atoms with E-state index in [1.165, 1.54) is 244 Å². The van der Waals surface area contributed by atoms with E-state index >= 15 is 0 Å². The summed E-state index contributed by atoms with van der Waals surface area (Å²) in [5.74, 6) is -0.0866. The number of allylic oxidation sites excluding steroid dienone is 7. The highest BCUT2D eigenvalue weighted by molar-refractivity contribution is 5.76. The van der Waals surface area contributed by atoms with Crippen LogP contribution in [0.15, 0.2) is 48.6 Å². The maximum Gasteiger partial charge on any atom is 0.305 e.